The van der Waals surface area contributed by atoms with Crippen molar-refractivity contribution < 1.29 is 4.42 Å². The Kier molecular flexibility index (Phi) is 10.3. The summed E-state index contributed by atoms with van der Waals surface area (Å²) in [5.74, 6) is 0. The normalized spacial score (nSPS) is 12.5. The minimum Gasteiger partial charge on any atom is -0.456 e. The van der Waals surface area contributed by atoms with Crippen LogP contribution in [0.4, 0.5) is 34.1 Å². The van der Waals surface area contributed by atoms with Crippen molar-refractivity contribution in [3.05, 3.63) is 258 Å². The van der Waals surface area contributed by atoms with Gasteiger partial charge in [-0.3, -0.25) is 0 Å². The number of fused-ring (bicyclic) bond motifs is 7. The molecule has 0 N–H and O–H groups in total. The van der Waals surface area contributed by atoms with E-state index in [0.717, 1.165) is 121 Å². The molecule has 3 nitrogen and oxygen atoms in total. The van der Waals surface area contributed by atoms with Crippen molar-refractivity contribution in [2.24, 2.45) is 0 Å². The van der Waals surface area contributed by atoms with Crippen molar-refractivity contribution in [2.45, 2.75) is 0 Å². The smallest absolute Gasteiger partial charge is 0.252 e. The van der Waals surface area contributed by atoms with Crippen molar-refractivity contribution in [1.29, 1.82) is 0 Å². The predicted octanol–water partition coefficient (Wildman–Crippen LogP) is 17.5. The summed E-state index contributed by atoms with van der Waals surface area (Å²) < 4.78 is 8.47. The molecule has 6 heteroatoms. The Hall–Kier alpha value is -8.16. The number of para-hydroxylation sites is 3. The molecule has 3 heterocycles. The fourth-order valence-corrected chi connectivity index (χ4v) is 12.2. The first-order valence-corrected chi connectivity index (χ1v) is 25.9. The molecule has 72 heavy (non-hydrogen) atoms. The SMILES string of the molecule is Brc1ccc2c(c1)N(c1c(-c3ccccc3)cccc1-c1ccccc1)c1cc(-c3ccc4oc5ccccc5c4c3)cc3c1B2c1ccc(Br)cc1N3c1c(-c2ccccc2)cccc1-c1ccccc1. The van der Waals surface area contributed by atoms with E-state index in [-0.39, 0.29) is 6.71 Å². The summed E-state index contributed by atoms with van der Waals surface area (Å²) in [5.41, 5.74) is 23.5. The summed E-state index contributed by atoms with van der Waals surface area (Å²) in [6.07, 6.45) is 0. The van der Waals surface area contributed by atoms with Crippen LogP contribution in [0.25, 0.3) is 77.6 Å². The van der Waals surface area contributed by atoms with Gasteiger partial charge in [0.2, 0.25) is 0 Å². The second-order valence-corrected chi connectivity index (χ2v) is 20.4. The van der Waals surface area contributed by atoms with Crippen molar-refractivity contribution in [2.75, 3.05) is 9.80 Å². The molecule has 338 valence electrons. The van der Waals surface area contributed by atoms with Crippen LogP contribution in [-0.4, -0.2) is 6.71 Å². The summed E-state index contributed by atoms with van der Waals surface area (Å²) in [7, 11) is 0. The number of halogens is 2. The van der Waals surface area contributed by atoms with Crippen LogP contribution in [0.1, 0.15) is 0 Å². The number of hydrogen-bond acceptors (Lipinski definition) is 3. The summed E-state index contributed by atoms with van der Waals surface area (Å²) in [4.78, 5) is 5.16. The number of anilines is 6. The Morgan fingerprint density at radius 3 is 1.18 bits per heavy atom. The standard InChI is InChI=1S/C66H41BBr2N2O/c68-48-32-34-56-58(40-48)70(65-50(42-17-5-1-6-18-42)26-15-27-51(65)43-19-7-2-8-20-43)60-38-47(46-31-36-63-55(37-46)54-25-13-14-30-62(54)72-63)39-61-64(60)67(56)57-35-33-49(69)41-59(57)71(61)66-52(44-21-9-3-10-22-44)28-16-29-53(66)45-23-11-4-12-24-45/h1-41H. The molecule has 0 radical (unpaired) electrons. The molecule has 12 aromatic rings. The fourth-order valence-electron chi connectivity index (χ4n) is 11.5. The van der Waals surface area contributed by atoms with Gasteiger partial charge in [-0.1, -0.05) is 226 Å². The maximum atomic E-state index is 6.45. The molecule has 0 unspecified atom stereocenters. The highest BCUT2D eigenvalue weighted by atomic mass is 79.9. The van der Waals surface area contributed by atoms with Gasteiger partial charge in [-0.25, -0.2) is 0 Å². The third-order valence-electron chi connectivity index (χ3n) is 14.6. The zero-order valence-electron chi connectivity index (χ0n) is 38.8. The third kappa shape index (κ3) is 6.92. The first-order valence-electron chi connectivity index (χ1n) is 24.3. The number of furan rings is 1. The van der Waals surface area contributed by atoms with E-state index in [0.29, 0.717) is 0 Å². The first-order chi connectivity index (χ1) is 35.6. The van der Waals surface area contributed by atoms with Crippen LogP contribution < -0.4 is 26.2 Å². The monoisotopic (exact) mass is 1050 g/mol. The van der Waals surface area contributed by atoms with Crippen molar-refractivity contribution in [3.8, 4) is 55.6 Å². The summed E-state index contributed by atoms with van der Waals surface area (Å²) in [5, 5.41) is 2.19. The van der Waals surface area contributed by atoms with Gasteiger partial charge in [0.05, 0.1) is 11.4 Å². The van der Waals surface area contributed by atoms with Crippen LogP contribution >= 0.6 is 31.9 Å². The van der Waals surface area contributed by atoms with Gasteiger partial charge in [0.15, 0.2) is 0 Å². The molecule has 0 saturated carbocycles. The Labute approximate surface area is 435 Å². The lowest BCUT2D eigenvalue weighted by atomic mass is 9.33. The van der Waals surface area contributed by atoms with Crippen molar-refractivity contribution >= 4 is 111 Å². The molecule has 1 aromatic heterocycles. The second-order valence-electron chi connectivity index (χ2n) is 18.6. The molecule has 11 aromatic carbocycles. The molecule has 2 aliphatic heterocycles. The lowest BCUT2D eigenvalue weighted by Gasteiger charge is -2.46. The zero-order valence-corrected chi connectivity index (χ0v) is 42.0. The van der Waals surface area contributed by atoms with Gasteiger partial charge in [-0.15, -0.1) is 0 Å². The largest absolute Gasteiger partial charge is 0.456 e. The van der Waals surface area contributed by atoms with Gasteiger partial charge >= 0.3 is 0 Å². The zero-order chi connectivity index (χ0) is 47.9. The van der Waals surface area contributed by atoms with Gasteiger partial charge < -0.3 is 14.2 Å². The Bertz CT molecular complexity index is 3760. The molecule has 0 spiro atoms. The molecule has 14 rings (SSSR count). The quantitative estimate of drug-likeness (QED) is 0.148. The predicted molar refractivity (Wildman–Crippen MR) is 310 cm³/mol. The molecule has 0 fully saturated rings. The van der Waals surface area contributed by atoms with E-state index in [1.807, 2.05) is 6.07 Å². The average Bonchev–Trinajstić information content (AvgIpc) is 3.82. The number of nitrogens with zero attached hydrogens (tertiary/aromatic N) is 2. The van der Waals surface area contributed by atoms with Gasteiger partial charge in [0.25, 0.3) is 6.71 Å². The summed E-state index contributed by atoms with van der Waals surface area (Å²) in [6.45, 7) is -0.115. The maximum Gasteiger partial charge on any atom is 0.252 e. The molecular weight excluding hydrogens is 1010 g/mol. The van der Waals surface area contributed by atoms with Crippen LogP contribution in [0.5, 0.6) is 0 Å². The topological polar surface area (TPSA) is 19.6 Å². The van der Waals surface area contributed by atoms with E-state index in [4.69, 9.17) is 4.42 Å². The molecule has 0 amide bonds. The van der Waals surface area contributed by atoms with Gasteiger partial charge in [-0.05, 0) is 104 Å². The highest BCUT2D eigenvalue weighted by Gasteiger charge is 2.45. The van der Waals surface area contributed by atoms with E-state index >= 15 is 0 Å². The van der Waals surface area contributed by atoms with Crippen molar-refractivity contribution in [1.82, 2.24) is 0 Å². The van der Waals surface area contributed by atoms with E-state index < -0.39 is 0 Å². The van der Waals surface area contributed by atoms with Gasteiger partial charge in [0.1, 0.15) is 11.2 Å². The van der Waals surface area contributed by atoms with E-state index in [1.54, 1.807) is 0 Å². The van der Waals surface area contributed by atoms with E-state index in [2.05, 4.69) is 284 Å². The average molecular weight is 1050 g/mol. The molecule has 2 aliphatic rings. The van der Waals surface area contributed by atoms with E-state index in [1.165, 1.54) is 16.4 Å². The van der Waals surface area contributed by atoms with Gasteiger partial charge in [0, 0.05) is 64.7 Å². The van der Waals surface area contributed by atoms with E-state index in [9.17, 15) is 0 Å². The van der Waals surface area contributed by atoms with Crippen LogP contribution in [0, 0.1) is 0 Å². The first kappa shape index (κ1) is 42.7. The number of hydrogen-bond donors (Lipinski definition) is 0. The second kappa shape index (κ2) is 17.3. The van der Waals surface area contributed by atoms with Crippen molar-refractivity contribution in [3.63, 3.8) is 0 Å². The molecular formula is C66H41BBr2N2O. The summed E-state index contributed by atoms with van der Waals surface area (Å²) >= 11 is 8.02. The highest BCUT2D eigenvalue weighted by molar-refractivity contribution is 9.10. The Morgan fingerprint density at radius 2 is 0.722 bits per heavy atom. The number of rotatable bonds is 7. The van der Waals surface area contributed by atoms with Crippen LogP contribution in [0.3, 0.4) is 0 Å². The van der Waals surface area contributed by atoms with Crippen LogP contribution in [0.2, 0.25) is 0 Å². The maximum absolute atomic E-state index is 6.45. The Morgan fingerprint density at radius 1 is 0.306 bits per heavy atom. The molecule has 0 saturated heterocycles. The van der Waals surface area contributed by atoms with Crippen LogP contribution in [-0.2, 0) is 0 Å². The number of benzene rings is 11. The summed E-state index contributed by atoms with van der Waals surface area (Å²) in [6, 6.07) is 90.7. The molecule has 0 aliphatic carbocycles. The highest BCUT2D eigenvalue weighted by Crippen LogP contribution is 2.54. The molecule has 0 bridgehead atoms. The van der Waals surface area contributed by atoms with Gasteiger partial charge in [-0.2, -0.15) is 0 Å². The minimum absolute atomic E-state index is 0.115. The Balaban J connectivity index is 1.16. The molecule has 0 atom stereocenters. The lowest BCUT2D eigenvalue weighted by Crippen LogP contribution is -2.61. The third-order valence-corrected chi connectivity index (χ3v) is 15.6. The minimum atomic E-state index is -0.115. The van der Waals surface area contributed by atoms with Crippen LogP contribution in [0.15, 0.2) is 262 Å². The lowest BCUT2D eigenvalue weighted by molar-refractivity contribution is 0.669. The fraction of sp³-hybridized carbons (Fsp3) is 0.